The molecule has 0 aromatic heterocycles. The van der Waals surface area contributed by atoms with Gasteiger partial charge in [-0.25, -0.2) is 0 Å². The SMILES string of the molecule is COc1cccc([C@H](CNC(=O)c2ccc(N3CCCC3=O)cc2)N2CCCC2)c1. The molecule has 6 heteroatoms. The standard InChI is InChI=1S/C24H29N3O3/c1-30-21-7-4-6-19(16-21)22(26-13-2-3-14-26)17-25-24(29)18-9-11-20(12-10-18)27-15-5-8-23(27)28/h4,6-7,9-12,16,22H,2-3,5,8,13-15,17H2,1H3,(H,25,29)/t22-/m0/s1. The number of hydrogen-bond donors (Lipinski definition) is 1. The van der Waals surface area contributed by atoms with E-state index in [2.05, 4.69) is 22.3 Å². The number of likely N-dealkylation sites (tertiary alicyclic amines) is 1. The summed E-state index contributed by atoms with van der Waals surface area (Å²) in [5, 5.41) is 3.11. The second-order valence-electron chi connectivity index (χ2n) is 7.94. The van der Waals surface area contributed by atoms with Gasteiger partial charge in [-0.3, -0.25) is 14.5 Å². The van der Waals surface area contributed by atoms with E-state index in [9.17, 15) is 9.59 Å². The molecule has 2 aliphatic heterocycles. The number of hydrogen-bond acceptors (Lipinski definition) is 4. The van der Waals surface area contributed by atoms with Crippen LogP contribution in [0.5, 0.6) is 5.75 Å². The van der Waals surface area contributed by atoms with Gasteiger partial charge in [0, 0.05) is 30.8 Å². The number of carbonyl (C=O) groups is 2. The first-order valence-corrected chi connectivity index (χ1v) is 10.7. The molecule has 2 fully saturated rings. The van der Waals surface area contributed by atoms with E-state index in [0.717, 1.165) is 43.1 Å². The van der Waals surface area contributed by atoms with Crippen LogP contribution in [-0.2, 0) is 4.79 Å². The Kier molecular flexibility index (Phi) is 6.33. The summed E-state index contributed by atoms with van der Waals surface area (Å²) in [7, 11) is 1.67. The Morgan fingerprint density at radius 1 is 1.07 bits per heavy atom. The number of nitrogens with zero attached hydrogens (tertiary/aromatic N) is 2. The van der Waals surface area contributed by atoms with E-state index in [-0.39, 0.29) is 17.9 Å². The smallest absolute Gasteiger partial charge is 0.251 e. The zero-order valence-corrected chi connectivity index (χ0v) is 17.5. The molecular weight excluding hydrogens is 378 g/mol. The van der Waals surface area contributed by atoms with Crippen molar-refractivity contribution in [3.8, 4) is 5.75 Å². The van der Waals surface area contributed by atoms with Crippen molar-refractivity contribution in [2.45, 2.75) is 31.7 Å². The molecule has 6 nitrogen and oxygen atoms in total. The van der Waals surface area contributed by atoms with E-state index in [0.29, 0.717) is 18.5 Å². The van der Waals surface area contributed by atoms with Crippen LogP contribution in [-0.4, -0.2) is 50.0 Å². The fourth-order valence-corrected chi connectivity index (χ4v) is 4.37. The van der Waals surface area contributed by atoms with Gasteiger partial charge in [0.05, 0.1) is 13.2 Å². The van der Waals surface area contributed by atoms with Crippen LogP contribution in [0.2, 0.25) is 0 Å². The third-order valence-electron chi connectivity index (χ3n) is 6.03. The minimum Gasteiger partial charge on any atom is -0.497 e. The predicted molar refractivity (Wildman–Crippen MR) is 117 cm³/mol. The lowest BCUT2D eigenvalue weighted by Crippen LogP contribution is -2.36. The van der Waals surface area contributed by atoms with Gasteiger partial charge in [0.1, 0.15) is 5.75 Å². The van der Waals surface area contributed by atoms with Crippen molar-refractivity contribution in [1.29, 1.82) is 0 Å². The number of benzene rings is 2. The van der Waals surface area contributed by atoms with Gasteiger partial charge in [-0.1, -0.05) is 12.1 Å². The zero-order valence-electron chi connectivity index (χ0n) is 17.5. The molecule has 1 atom stereocenters. The van der Waals surface area contributed by atoms with Gasteiger partial charge in [-0.2, -0.15) is 0 Å². The summed E-state index contributed by atoms with van der Waals surface area (Å²) in [6, 6.07) is 15.5. The molecule has 0 bridgehead atoms. The summed E-state index contributed by atoms with van der Waals surface area (Å²) < 4.78 is 5.39. The molecule has 2 heterocycles. The minimum absolute atomic E-state index is 0.0959. The first-order chi connectivity index (χ1) is 14.7. The van der Waals surface area contributed by atoms with Crippen molar-refractivity contribution in [3.05, 3.63) is 59.7 Å². The third-order valence-corrected chi connectivity index (χ3v) is 6.03. The highest BCUT2D eigenvalue weighted by atomic mass is 16.5. The van der Waals surface area contributed by atoms with Crippen molar-refractivity contribution >= 4 is 17.5 Å². The van der Waals surface area contributed by atoms with E-state index in [1.807, 2.05) is 24.3 Å². The van der Waals surface area contributed by atoms with Crippen LogP contribution in [0, 0.1) is 0 Å². The summed E-state index contributed by atoms with van der Waals surface area (Å²) in [5.74, 6) is 0.885. The van der Waals surface area contributed by atoms with E-state index in [1.165, 1.54) is 12.8 Å². The fraction of sp³-hybridized carbons (Fsp3) is 0.417. The minimum atomic E-state index is -0.0959. The number of methoxy groups -OCH3 is 1. The number of anilines is 1. The average Bonchev–Trinajstić information content (AvgIpc) is 3.46. The Balaban J connectivity index is 1.43. The van der Waals surface area contributed by atoms with Gasteiger partial charge in [0.2, 0.25) is 5.91 Å². The van der Waals surface area contributed by atoms with Crippen molar-refractivity contribution in [2.24, 2.45) is 0 Å². The van der Waals surface area contributed by atoms with E-state index in [1.54, 1.807) is 24.1 Å². The Hall–Kier alpha value is -2.86. The monoisotopic (exact) mass is 407 g/mol. The third kappa shape index (κ3) is 4.49. The zero-order chi connectivity index (χ0) is 20.9. The predicted octanol–water partition coefficient (Wildman–Crippen LogP) is 3.39. The maximum atomic E-state index is 12.8. The second-order valence-corrected chi connectivity index (χ2v) is 7.94. The molecule has 0 unspecified atom stereocenters. The molecule has 0 saturated carbocycles. The number of nitrogens with one attached hydrogen (secondary N) is 1. The molecule has 0 aliphatic carbocycles. The molecule has 30 heavy (non-hydrogen) atoms. The Labute approximate surface area is 177 Å². The van der Waals surface area contributed by atoms with Gasteiger partial charge < -0.3 is 15.0 Å². The Bertz CT molecular complexity index is 891. The summed E-state index contributed by atoms with van der Waals surface area (Å²) in [4.78, 5) is 28.9. The van der Waals surface area contributed by atoms with Gasteiger partial charge in [0.25, 0.3) is 5.91 Å². The van der Waals surface area contributed by atoms with E-state index >= 15 is 0 Å². The fourth-order valence-electron chi connectivity index (χ4n) is 4.37. The highest BCUT2D eigenvalue weighted by Crippen LogP contribution is 2.27. The lowest BCUT2D eigenvalue weighted by atomic mass is 10.0. The molecule has 0 radical (unpaired) electrons. The molecule has 2 aliphatic rings. The van der Waals surface area contributed by atoms with Crippen LogP contribution in [0.15, 0.2) is 48.5 Å². The highest BCUT2D eigenvalue weighted by molar-refractivity contribution is 5.97. The summed E-state index contributed by atoms with van der Waals surface area (Å²) in [6.07, 6.45) is 3.86. The van der Waals surface area contributed by atoms with E-state index in [4.69, 9.17) is 4.74 Å². The van der Waals surface area contributed by atoms with Gasteiger partial charge >= 0.3 is 0 Å². The number of carbonyl (C=O) groups excluding carboxylic acids is 2. The summed E-state index contributed by atoms with van der Waals surface area (Å²) in [5.41, 5.74) is 2.62. The van der Waals surface area contributed by atoms with Crippen LogP contribution in [0.4, 0.5) is 5.69 Å². The van der Waals surface area contributed by atoms with Crippen LogP contribution < -0.4 is 15.0 Å². The van der Waals surface area contributed by atoms with Gasteiger partial charge in [-0.15, -0.1) is 0 Å². The van der Waals surface area contributed by atoms with E-state index < -0.39 is 0 Å². The van der Waals surface area contributed by atoms with Crippen molar-refractivity contribution < 1.29 is 14.3 Å². The molecule has 0 spiro atoms. The summed E-state index contributed by atoms with van der Waals surface area (Å²) in [6.45, 7) is 3.37. The van der Waals surface area contributed by atoms with Crippen molar-refractivity contribution in [2.75, 3.05) is 38.2 Å². The van der Waals surface area contributed by atoms with Crippen LogP contribution in [0.1, 0.15) is 47.6 Å². The molecule has 2 saturated heterocycles. The lowest BCUT2D eigenvalue weighted by Gasteiger charge is -2.28. The maximum absolute atomic E-state index is 12.8. The maximum Gasteiger partial charge on any atom is 0.251 e. The number of ether oxygens (including phenoxy) is 1. The normalized spacial score (nSPS) is 17.9. The molecule has 158 valence electrons. The van der Waals surface area contributed by atoms with Crippen LogP contribution in [0.3, 0.4) is 0 Å². The molecule has 2 aromatic carbocycles. The molecule has 2 aromatic rings. The largest absolute Gasteiger partial charge is 0.497 e. The van der Waals surface area contributed by atoms with Crippen molar-refractivity contribution in [1.82, 2.24) is 10.2 Å². The Morgan fingerprint density at radius 2 is 1.83 bits per heavy atom. The van der Waals surface area contributed by atoms with Crippen molar-refractivity contribution in [3.63, 3.8) is 0 Å². The highest BCUT2D eigenvalue weighted by Gasteiger charge is 2.25. The average molecular weight is 408 g/mol. The van der Waals surface area contributed by atoms with Crippen LogP contribution in [0.25, 0.3) is 0 Å². The molecular formula is C24H29N3O3. The van der Waals surface area contributed by atoms with Crippen LogP contribution >= 0.6 is 0 Å². The summed E-state index contributed by atoms with van der Waals surface area (Å²) >= 11 is 0. The number of amides is 2. The quantitative estimate of drug-likeness (QED) is 0.764. The first-order valence-electron chi connectivity index (χ1n) is 10.7. The Morgan fingerprint density at radius 3 is 2.50 bits per heavy atom. The molecule has 2 amide bonds. The topological polar surface area (TPSA) is 61.9 Å². The van der Waals surface area contributed by atoms with Gasteiger partial charge in [0.15, 0.2) is 0 Å². The lowest BCUT2D eigenvalue weighted by molar-refractivity contribution is -0.117. The number of rotatable bonds is 7. The molecule has 4 rings (SSSR count). The first kappa shape index (κ1) is 20.4. The molecule has 1 N–H and O–H groups in total. The second kappa shape index (κ2) is 9.30. The van der Waals surface area contributed by atoms with Gasteiger partial charge in [-0.05, 0) is 74.3 Å².